The molecule has 1 radical (unpaired) electrons. The minimum atomic E-state index is -0.964. The first-order chi connectivity index (χ1) is 4.13. The fourth-order valence-electron chi connectivity index (χ4n) is 0.520. The summed E-state index contributed by atoms with van der Waals surface area (Å²) in [5.74, 6) is 0. The van der Waals surface area contributed by atoms with Crippen molar-refractivity contribution in [2.24, 2.45) is 0 Å². The van der Waals surface area contributed by atoms with Gasteiger partial charge in [-0.1, -0.05) is 29.3 Å². The number of hydrogen-bond acceptors (Lipinski definition) is 1. The first-order valence-corrected chi connectivity index (χ1v) is 3.22. The van der Waals surface area contributed by atoms with Crippen molar-refractivity contribution in [2.45, 2.75) is 4.46 Å². The van der Waals surface area contributed by atoms with E-state index < -0.39 is 4.46 Å². The van der Waals surface area contributed by atoms with E-state index in [1.165, 1.54) is 4.90 Å². The Kier molecular flexibility index (Phi) is 1.73. The minimum Gasteiger partial charge on any atom is -0.342 e. The molecule has 1 rings (SSSR count). The van der Waals surface area contributed by atoms with Crippen molar-refractivity contribution in [3.8, 4) is 0 Å². The Balaban J connectivity index is 2.78. The van der Waals surface area contributed by atoms with Crippen LogP contribution in [0.25, 0.3) is 0 Å². The van der Waals surface area contributed by atoms with E-state index in [1.54, 1.807) is 18.4 Å². The Labute approximate surface area is 64.5 Å². The molecule has 9 heavy (non-hydrogen) atoms. The van der Waals surface area contributed by atoms with Gasteiger partial charge < -0.3 is 4.90 Å². The van der Waals surface area contributed by atoms with Crippen molar-refractivity contribution >= 4 is 23.2 Å². The van der Waals surface area contributed by atoms with E-state index in [1.807, 2.05) is 6.08 Å². The molecular weight excluding hydrogens is 157 g/mol. The molecular formula is C6H6Cl2N. The van der Waals surface area contributed by atoms with Crippen molar-refractivity contribution in [3.63, 3.8) is 0 Å². The Bertz CT molecular complexity index is 160. The average molecular weight is 163 g/mol. The number of allylic oxidation sites excluding steroid dienone is 2. The molecule has 0 saturated heterocycles. The summed E-state index contributed by atoms with van der Waals surface area (Å²) in [7, 11) is 3.58. The van der Waals surface area contributed by atoms with Crippen LogP contribution in [0.1, 0.15) is 0 Å². The van der Waals surface area contributed by atoms with Crippen molar-refractivity contribution in [2.75, 3.05) is 0 Å². The third kappa shape index (κ3) is 1.41. The number of hydrogen-bond donors (Lipinski definition) is 0. The molecule has 0 amide bonds. The lowest BCUT2D eigenvalue weighted by atomic mass is 10.4. The highest BCUT2D eigenvalue weighted by molar-refractivity contribution is 6.49. The third-order valence-electron chi connectivity index (χ3n) is 1.06. The fourth-order valence-corrected chi connectivity index (χ4v) is 0.778. The van der Waals surface area contributed by atoms with Gasteiger partial charge in [0, 0.05) is 13.2 Å². The standard InChI is InChI=1S/C6H6Cl2N/c1-9-5-3-2-4-6(9,7)8/h2-5H,1H2. The topological polar surface area (TPSA) is 3.24 Å². The summed E-state index contributed by atoms with van der Waals surface area (Å²) in [5, 5.41) is 0. The molecule has 0 N–H and O–H groups in total. The molecule has 0 bridgehead atoms. The van der Waals surface area contributed by atoms with Gasteiger partial charge in [0.05, 0.1) is 0 Å². The van der Waals surface area contributed by atoms with Gasteiger partial charge in [0.2, 0.25) is 4.46 Å². The highest BCUT2D eigenvalue weighted by atomic mass is 35.5. The van der Waals surface area contributed by atoms with Crippen LogP contribution in [0.15, 0.2) is 24.4 Å². The Morgan fingerprint density at radius 2 is 2.00 bits per heavy atom. The van der Waals surface area contributed by atoms with E-state index in [2.05, 4.69) is 7.05 Å². The highest BCUT2D eigenvalue weighted by Crippen LogP contribution is 2.29. The summed E-state index contributed by atoms with van der Waals surface area (Å²) in [6, 6.07) is 0. The molecule has 0 spiro atoms. The first kappa shape index (κ1) is 6.97. The molecule has 1 aliphatic rings. The maximum Gasteiger partial charge on any atom is 0.209 e. The smallest absolute Gasteiger partial charge is 0.209 e. The lowest BCUT2D eigenvalue weighted by Gasteiger charge is -2.27. The maximum absolute atomic E-state index is 5.71. The second-order valence-electron chi connectivity index (χ2n) is 1.76. The van der Waals surface area contributed by atoms with Gasteiger partial charge in [0.15, 0.2) is 0 Å². The van der Waals surface area contributed by atoms with E-state index in [0.717, 1.165) is 0 Å². The SMILES string of the molecule is [CH2]N1C=CC=CC1(Cl)Cl. The van der Waals surface area contributed by atoms with Crippen LogP contribution in [0.2, 0.25) is 0 Å². The average Bonchev–Trinajstić information content (AvgIpc) is 1.77. The van der Waals surface area contributed by atoms with E-state index in [0.29, 0.717) is 0 Å². The van der Waals surface area contributed by atoms with Crippen molar-refractivity contribution < 1.29 is 0 Å². The molecule has 0 aromatic carbocycles. The zero-order chi connectivity index (χ0) is 6.91. The molecule has 1 nitrogen and oxygen atoms in total. The van der Waals surface area contributed by atoms with Crippen LogP contribution in [0.5, 0.6) is 0 Å². The largest absolute Gasteiger partial charge is 0.342 e. The third-order valence-corrected chi connectivity index (χ3v) is 1.74. The molecule has 0 aromatic heterocycles. The van der Waals surface area contributed by atoms with Crippen molar-refractivity contribution in [3.05, 3.63) is 31.5 Å². The molecule has 0 aromatic rings. The predicted molar refractivity (Wildman–Crippen MR) is 39.9 cm³/mol. The second kappa shape index (κ2) is 2.24. The van der Waals surface area contributed by atoms with Crippen molar-refractivity contribution in [1.29, 1.82) is 0 Å². The maximum atomic E-state index is 5.71. The molecule has 1 aliphatic heterocycles. The number of halogens is 2. The number of alkyl halides is 2. The summed E-state index contributed by atoms with van der Waals surface area (Å²) in [5.41, 5.74) is 0. The van der Waals surface area contributed by atoms with E-state index in [-0.39, 0.29) is 0 Å². The van der Waals surface area contributed by atoms with Crippen LogP contribution >= 0.6 is 23.2 Å². The summed E-state index contributed by atoms with van der Waals surface area (Å²) in [4.78, 5) is 1.47. The lowest BCUT2D eigenvalue weighted by molar-refractivity contribution is 0.471. The quantitative estimate of drug-likeness (QED) is 0.391. The van der Waals surface area contributed by atoms with Crippen LogP contribution < -0.4 is 0 Å². The van der Waals surface area contributed by atoms with Crippen LogP contribution in [0.4, 0.5) is 0 Å². The summed E-state index contributed by atoms with van der Waals surface area (Å²) in [6.07, 6.45) is 6.96. The summed E-state index contributed by atoms with van der Waals surface area (Å²) < 4.78 is -0.964. The fraction of sp³-hybridized carbons (Fsp3) is 0.167. The monoisotopic (exact) mass is 162 g/mol. The molecule has 3 heteroatoms. The summed E-state index contributed by atoms with van der Waals surface area (Å²) >= 11 is 11.4. The van der Waals surface area contributed by atoms with Crippen molar-refractivity contribution in [1.82, 2.24) is 4.90 Å². The predicted octanol–water partition coefficient (Wildman–Crippen LogP) is 2.29. The number of nitrogens with zero attached hydrogens (tertiary/aromatic N) is 1. The van der Waals surface area contributed by atoms with Crippen LogP contribution in [0, 0.1) is 7.05 Å². The van der Waals surface area contributed by atoms with Gasteiger partial charge in [-0.3, -0.25) is 0 Å². The van der Waals surface area contributed by atoms with Gasteiger partial charge in [-0.25, -0.2) is 0 Å². The normalized spacial score (nSPS) is 22.8. The van der Waals surface area contributed by atoms with Crippen LogP contribution in [-0.2, 0) is 0 Å². The van der Waals surface area contributed by atoms with E-state index >= 15 is 0 Å². The minimum absolute atomic E-state index is 0.964. The van der Waals surface area contributed by atoms with Gasteiger partial charge in [-0.15, -0.1) is 0 Å². The first-order valence-electron chi connectivity index (χ1n) is 2.46. The van der Waals surface area contributed by atoms with Crippen LogP contribution in [0.3, 0.4) is 0 Å². The van der Waals surface area contributed by atoms with Gasteiger partial charge >= 0.3 is 0 Å². The molecule has 0 atom stereocenters. The molecule has 0 saturated carbocycles. The molecule has 1 heterocycles. The van der Waals surface area contributed by atoms with E-state index in [4.69, 9.17) is 23.2 Å². The zero-order valence-corrected chi connectivity index (χ0v) is 6.23. The lowest BCUT2D eigenvalue weighted by Crippen LogP contribution is -2.29. The Hall–Kier alpha value is -0.140. The van der Waals surface area contributed by atoms with Gasteiger partial charge in [0.1, 0.15) is 0 Å². The Morgan fingerprint density at radius 3 is 2.33 bits per heavy atom. The second-order valence-corrected chi connectivity index (χ2v) is 3.10. The highest BCUT2D eigenvalue weighted by Gasteiger charge is 2.24. The van der Waals surface area contributed by atoms with E-state index in [9.17, 15) is 0 Å². The van der Waals surface area contributed by atoms with Crippen LogP contribution in [-0.4, -0.2) is 9.36 Å². The Morgan fingerprint density at radius 1 is 1.33 bits per heavy atom. The van der Waals surface area contributed by atoms with Gasteiger partial charge in [-0.05, 0) is 12.2 Å². The number of rotatable bonds is 0. The molecule has 0 unspecified atom stereocenters. The molecule has 49 valence electrons. The summed E-state index contributed by atoms with van der Waals surface area (Å²) in [6.45, 7) is 0. The van der Waals surface area contributed by atoms with Gasteiger partial charge in [-0.2, -0.15) is 0 Å². The molecule has 0 fully saturated rings. The molecule has 0 aliphatic carbocycles. The zero-order valence-electron chi connectivity index (χ0n) is 4.72. The van der Waals surface area contributed by atoms with Gasteiger partial charge in [0.25, 0.3) is 0 Å².